The minimum absolute atomic E-state index is 0.0389. The molecule has 1 aromatic carbocycles. The number of ether oxygens (including phenoxy) is 1. The Labute approximate surface area is 201 Å². The van der Waals surface area contributed by atoms with Crippen molar-refractivity contribution in [3.8, 4) is 17.5 Å². The molecular formula is C26H26FN5O3. The van der Waals surface area contributed by atoms with Gasteiger partial charge in [0.15, 0.2) is 17.2 Å². The van der Waals surface area contributed by atoms with E-state index in [0.29, 0.717) is 30.6 Å². The number of aromatic nitrogens is 4. The van der Waals surface area contributed by atoms with Crippen molar-refractivity contribution in [2.45, 2.75) is 50.9 Å². The first-order valence-electron chi connectivity index (χ1n) is 11.6. The van der Waals surface area contributed by atoms with E-state index in [0.717, 1.165) is 27.7 Å². The first-order chi connectivity index (χ1) is 16.7. The lowest BCUT2D eigenvalue weighted by Gasteiger charge is -2.28. The van der Waals surface area contributed by atoms with E-state index < -0.39 is 23.1 Å². The summed E-state index contributed by atoms with van der Waals surface area (Å²) >= 11 is 0. The Bertz CT molecular complexity index is 1500. The molecule has 0 amide bonds. The smallest absolute Gasteiger partial charge is 0.306 e. The summed E-state index contributed by atoms with van der Waals surface area (Å²) in [6.45, 7) is 4.00. The Hall–Kier alpha value is -3.93. The van der Waals surface area contributed by atoms with Crippen LogP contribution >= 0.6 is 0 Å². The zero-order chi connectivity index (χ0) is 24.9. The minimum Gasteiger partial charge on any atom is -0.494 e. The number of aliphatic carboxylic acids is 1. The number of carboxylic acid groups (broad SMARTS) is 1. The van der Waals surface area contributed by atoms with Crippen molar-refractivity contribution >= 4 is 28.0 Å². The molecule has 0 bridgehead atoms. The van der Waals surface area contributed by atoms with Crippen LogP contribution in [0.2, 0.25) is 0 Å². The van der Waals surface area contributed by atoms with Crippen LogP contribution in [0.4, 0.5) is 4.39 Å². The van der Waals surface area contributed by atoms with Crippen molar-refractivity contribution in [2.75, 3.05) is 7.11 Å². The lowest BCUT2D eigenvalue weighted by molar-refractivity contribution is -0.141. The number of nitrogens with one attached hydrogen (secondary N) is 1. The van der Waals surface area contributed by atoms with Crippen molar-refractivity contribution < 1.29 is 19.0 Å². The largest absolute Gasteiger partial charge is 0.494 e. The average molecular weight is 476 g/mol. The Morgan fingerprint density at radius 2 is 2.17 bits per heavy atom. The van der Waals surface area contributed by atoms with Gasteiger partial charge in [0, 0.05) is 40.2 Å². The molecule has 0 radical (unpaired) electrons. The third-order valence-electron chi connectivity index (χ3n) is 7.13. The van der Waals surface area contributed by atoms with Crippen LogP contribution in [0.15, 0.2) is 30.5 Å². The first kappa shape index (κ1) is 22.8. The summed E-state index contributed by atoms with van der Waals surface area (Å²) in [7, 11) is 1.42. The van der Waals surface area contributed by atoms with E-state index in [1.807, 2.05) is 24.5 Å². The minimum atomic E-state index is -0.790. The predicted octanol–water partition coefficient (Wildman–Crippen LogP) is 5.21. The highest BCUT2D eigenvalue weighted by Crippen LogP contribution is 2.48. The summed E-state index contributed by atoms with van der Waals surface area (Å²) in [5.41, 5.74) is 4.07. The number of pyridine rings is 1. The molecule has 2 N–H and O–H groups in total. The second-order valence-electron chi connectivity index (χ2n) is 9.84. The van der Waals surface area contributed by atoms with E-state index in [-0.39, 0.29) is 18.1 Å². The number of hydrogen-bond donors (Lipinski definition) is 2. The Morgan fingerprint density at radius 3 is 2.86 bits per heavy atom. The van der Waals surface area contributed by atoms with Gasteiger partial charge in [0.05, 0.1) is 36.3 Å². The van der Waals surface area contributed by atoms with E-state index in [4.69, 9.17) is 9.72 Å². The molecular weight excluding hydrogens is 449 g/mol. The third-order valence-corrected chi connectivity index (χ3v) is 7.13. The van der Waals surface area contributed by atoms with Gasteiger partial charge in [-0.25, -0.2) is 9.37 Å². The van der Waals surface area contributed by atoms with E-state index >= 15 is 0 Å². The molecule has 9 heteroatoms. The Balaban J connectivity index is 1.89. The Morgan fingerprint density at radius 1 is 1.37 bits per heavy atom. The molecule has 0 spiro atoms. The van der Waals surface area contributed by atoms with Gasteiger partial charge < -0.3 is 14.4 Å². The Kier molecular flexibility index (Phi) is 5.47. The normalized spacial score (nSPS) is 18.3. The number of aromatic amines is 1. The molecule has 1 fully saturated rings. The van der Waals surface area contributed by atoms with Gasteiger partial charge in [-0.3, -0.25) is 9.89 Å². The molecule has 0 saturated heterocycles. The maximum atomic E-state index is 14.3. The lowest BCUT2D eigenvalue weighted by Crippen LogP contribution is -2.23. The summed E-state index contributed by atoms with van der Waals surface area (Å²) in [6.07, 6.45) is 3.73. The van der Waals surface area contributed by atoms with Crippen LogP contribution in [0.1, 0.15) is 56.7 Å². The lowest BCUT2D eigenvalue weighted by atomic mass is 9.80. The fourth-order valence-corrected chi connectivity index (χ4v) is 5.45. The molecule has 180 valence electrons. The molecule has 4 aromatic rings. The first-order valence-corrected chi connectivity index (χ1v) is 11.6. The number of nitrogens with zero attached hydrogens (tertiary/aromatic N) is 4. The van der Waals surface area contributed by atoms with Gasteiger partial charge in [-0.15, -0.1) is 0 Å². The molecule has 0 aliphatic heterocycles. The van der Waals surface area contributed by atoms with Gasteiger partial charge in [-0.05, 0) is 43.4 Å². The summed E-state index contributed by atoms with van der Waals surface area (Å²) < 4.78 is 21.6. The molecule has 2 atom stereocenters. The van der Waals surface area contributed by atoms with Gasteiger partial charge >= 0.3 is 5.97 Å². The molecule has 1 saturated carbocycles. The number of nitriles is 1. The summed E-state index contributed by atoms with van der Waals surface area (Å²) in [4.78, 5) is 16.7. The number of methoxy groups -OCH3 is 1. The molecule has 35 heavy (non-hydrogen) atoms. The van der Waals surface area contributed by atoms with E-state index in [1.54, 1.807) is 18.3 Å². The van der Waals surface area contributed by atoms with E-state index in [1.165, 1.54) is 13.2 Å². The van der Waals surface area contributed by atoms with Crippen LogP contribution in [0.3, 0.4) is 0 Å². The zero-order valence-corrected chi connectivity index (χ0v) is 19.8. The molecule has 3 aromatic heterocycles. The van der Waals surface area contributed by atoms with Crippen LogP contribution < -0.4 is 4.74 Å². The number of carboxylic acids is 1. The predicted molar refractivity (Wildman–Crippen MR) is 128 cm³/mol. The number of carbonyl (C=O) groups is 1. The van der Waals surface area contributed by atoms with Gasteiger partial charge in [0.2, 0.25) is 0 Å². The average Bonchev–Trinajstić information content (AvgIpc) is 3.54. The summed E-state index contributed by atoms with van der Waals surface area (Å²) in [5.74, 6) is -1.61. The molecule has 3 heterocycles. The van der Waals surface area contributed by atoms with Crippen LogP contribution in [0.5, 0.6) is 5.75 Å². The van der Waals surface area contributed by atoms with Crippen molar-refractivity contribution in [2.24, 2.45) is 5.92 Å². The second-order valence-corrected chi connectivity index (χ2v) is 9.84. The van der Waals surface area contributed by atoms with Gasteiger partial charge in [-0.1, -0.05) is 13.8 Å². The maximum absolute atomic E-state index is 14.3. The van der Waals surface area contributed by atoms with Crippen molar-refractivity contribution in [3.05, 3.63) is 47.5 Å². The second kappa shape index (κ2) is 8.38. The standard InChI is InChI=1S/C26H26FN5O3/c1-26(2,8-9-28)23-21(14-4-5-15(10-14)25(33)34)22-19(11-16-13-29-31-24(16)30-22)32(23)17-6-7-18(27)20(12-17)35-3/h6-7,11-15H,4-5,8,10H2,1-3H3,(H,33,34)(H,29,30,31)/t14-,15?/m1/s1. The van der Waals surface area contributed by atoms with E-state index in [2.05, 4.69) is 16.3 Å². The highest BCUT2D eigenvalue weighted by atomic mass is 19.1. The van der Waals surface area contributed by atoms with Gasteiger partial charge in [-0.2, -0.15) is 10.4 Å². The monoisotopic (exact) mass is 475 g/mol. The molecule has 8 nitrogen and oxygen atoms in total. The molecule has 1 unspecified atom stereocenters. The molecule has 5 rings (SSSR count). The SMILES string of the molecule is COc1cc(-n2c(C(C)(C)CC#N)c([C@@H]3CCC(C(=O)O)C3)c3nc4[nH]ncc4cc32)ccc1F. The number of hydrogen-bond acceptors (Lipinski definition) is 5. The third kappa shape index (κ3) is 3.70. The van der Waals surface area contributed by atoms with Crippen LogP contribution in [-0.4, -0.2) is 37.9 Å². The number of halogens is 1. The molecule has 1 aliphatic carbocycles. The fraction of sp³-hybridized carbons (Fsp3) is 0.385. The fourth-order valence-electron chi connectivity index (χ4n) is 5.45. The number of rotatable bonds is 6. The van der Waals surface area contributed by atoms with Gasteiger partial charge in [0.1, 0.15) is 0 Å². The van der Waals surface area contributed by atoms with Crippen LogP contribution in [0, 0.1) is 23.1 Å². The van der Waals surface area contributed by atoms with Gasteiger partial charge in [0.25, 0.3) is 0 Å². The summed E-state index contributed by atoms with van der Waals surface area (Å²) in [6, 6.07) is 8.97. The summed E-state index contributed by atoms with van der Waals surface area (Å²) in [5, 5.41) is 27.2. The number of H-pyrrole nitrogens is 1. The maximum Gasteiger partial charge on any atom is 0.306 e. The molecule has 1 aliphatic rings. The highest BCUT2D eigenvalue weighted by Gasteiger charge is 2.39. The van der Waals surface area contributed by atoms with Crippen molar-refractivity contribution in [1.82, 2.24) is 19.7 Å². The quantitative estimate of drug-likeness (QED) is 0.395. The number of benzene rings is 1. The highest BCUT2D eigenvalue weighted by molar-refractivity contribution is 5.94. The van der Waals surface area contributed by atoms with Crippen molar-refractivity contribution in [1.29, 1.82) is 5.26 Å². The van der Waals surface area contributed by atoms with E-state index in [9.17, 15) is 19.6 Å². The topological polar surface area (TPSA) is 117 Å². The number of fused-ring (bicyclic) bond motifs is 2. The van der Waals surface area contributed by atoms with Crippen LogP contribution in [-0.2, 0) is 10.2 Å². The zero-order valence-electron chi connectivity index (χ0n) is 19.8. The van der Waals surface area contributed by atoms with Crippen LogP contribution in [0.25, 0.3) is 27.8 Å². The van der Waals surface area contributed by atoms with Crippen molar-refractivity contribution in [3.63, 3.8) is 0 Å².